The number of rotatable bonds is 79. The number of ether oxygens (including phenoxy) is 4. The van der Waals surface area contributed by atoms with Crippen molar-refractivity contribution in [2.45, 2.75) is 431 Å². The van der Waals surface area contributed by atoms with E-state index < -0.39 is 97.5 Å². The third-order valence-corrected chi connectivity index (χ3v) is 20.2. The van der Waals surface area contributed by atoms with Gasteiger partial charge in [-0.1, -0.05) is 348 Å². The summed E-state index contributed by atoms with van der Waals surface area (Å²) in [6.45, 7) is 4.99. The minimum atomic E-state index is -4.96. The summed E-state index contributed by atoms with van der Waals surface area (Å²) in [5.74, 6) is -2.12. The Balaban J connectivity index is 5.27. The zero-order valence-corrected chi connectivity index (χ0v) is 65.3. The van der Waals surface area contributed by atoms with Gasteiger partial charge < -0.3 is 33.8 Å². The molecule has 0 aromatic rings. The minimum Gasteiger partial charge on any atom is -0.462 e. The standard InChI is InChI=1S/C79H152O17P2/c1-5-9-13-17-21-25-29-33-36-40-43-47-51-55-59-63-76(81)89-69-74(95-78(83)65-61-57-53-49-45-39-32-28-24-20-16-12-8-4)71-93-97(85,86)91-67-73(80)68-92-98(87,88)94-72-75(96-79(84)66-62-58-54-50-46-42-38-35-31-27-23-19-15-11-7-3)70-90-77(82)64-60-56-52-48-44-41-37-34-30-26-22-18-14-10-6-2/h27,31,73-75,80H,5-26,28-30,32-72H2,1-4H3,(H,85,86)(H,87,88)/b31-27-/t73-,74+,75+/m0/s1. The fraction of sp³-hybridized carbons (Fsp3) is 0.924. The summed E-state index contributed by atoms with van der Waals surface area (Å²) >= 11 is 0. The molecule has 0 radical (unpaired) electrons. The Hall–Kier alpha value is -2.20. The number of phosphoric ester groups is 2. The van der Waals surface area contributed by atoms with Crippen LogP contribution < -0.4 is 0 Å². The molecular weight excluding hydrogens is 1280 g/mol. The summed E-state index contributed by atoms with van der Waals surface area (Å²) in [4.78, 5) is 73.0. The first-order chi connectivity index (χ1) is 47.7. The Bertz CT molecular complexity index is 1910. The lowest BCUT2D eigenvalue weighted by molar-refractivity contribution is -0.161. The van der Waals surface area contributed by atoms with E-state index in [-0.39, 0.29) is 25.7 Å². The number of unbranched alkanes of at least 4 members (excludes halogenated alkanes) is 51. The van der Waals surface area contributed by atoms with Crippen LogP contribution in [0.4, 0.5) is 0 Å². The van der Waals surface area contributed by atoms with Gasteiger partial charge in [0.25, 0.3) is 0 Å². The predicted molar refractivity (Wildman–Crippen MR) is 400 cm³/mol. The number of aliphatic hydroxyl groups is 1. The quantitative estimate of drug-likeness (QED) is 0.0169. The van der Waals surface area contributed by atoms with E-state index in [0.29, 0.717) is 25.7 Å². The van der Waals surface area contributed by atoms with Gasteiger partial charge in [-0.05, 0) is 51.4 Å². The van der Waals surface area contributed by atoms with Crippen molar-refractivity contribution < 1.29 is 80.2 Å². The highest BCUT2D eigenvalue weighted by Crippen LogP contribution is 2.45. The lowest BCUT2D eigenvalue weighted by atomic mass is 10.0. The van der Waals surface area contributed by atoms with Gasteiger partial charge in [-0.25, -0.2) is 9.13 Å². The molecule has 5 atom stereocenters. The van der Waals surface area contributed by atoms with Crippen LogP contribution in [-0.4, -0.2) is 96.7 Å². The molecule has 0 amide bonds. The molecule has 0 aliphatic heterocycles. The number of hydrogen-bond donors (Lipinski definition) is 3. The zero-order chi connectivity index (χ0) is 71.8. The van der Waals surface area contributed by atoms with Crippen LogP contribution in [0.25, 0.3) is 0 Å². The van der Waals surface area contributed by atoms with E-state index >= 15 is 0 Å². The second kappa shape index (κ2) is 73.1. The molecule has 0 aliphatic carbocycles. The molecule has 0 aliphatic rings. The molecule has 0 fully saturated rings. The second-order valence-electron chi connectivity index (χ2n) is 28.1. The minimum absolute atomic E-state index is 0.100. The van der Waals surface area contributed by atoms with Crippen molar-refractivity contribution in [3.05, 3.63) is 12.2 Å². The first kappa shape index (κ1) is 95.8. The van der Waals surface area contributed by atoms with Crippen LogP contribution in [0.1, 0.15) is 413 Å². The second-order valence-corrected chi connectivity index (χ2v) is 31.0. The predicted octanol–water partition coefficient (Wildman–Crippen LogP) is 23.6. The van der Waals surface area contributed by atoms with Crippen LogP contribution in [0.5, 0.6) is 0 Å². The largest absolute Gasteiger partial charge is 0.472 e. The van der Waals surface area contributed by atoms with E-state index in [1.807, 2.05) is 0 Å². The number of aliphatic hydroxyl groups excluding tert-OH is 1. The summed E-state index contributed by atoms with van der Waals surface area (Å²) in [6, 6.07) is 0. The third-order valence-electron chi connectivity index (χ3n) is 18.3. The maximum atomic E-state index is 13.1. The van der Waals surface area contributed by atoms with Gasteiger partial charge in [0.15, 0.2) is 12.2 Å². The number of carbonyl (C=O) groups is 4. The molecule has 0 rings (SSSR count). The summed E-state index contributed by atoms with van der Waals surface area (Å²) < 4.78 is 68.7. The molecule has 580 valence electrons. The average molecular weight is 1440 g/mol. The summed E-state index contributed by atoms with van der Waals surface area (Å²) in [7, 11) is -9.92. The van der Waals surface area contributed by atoms with Crippen LogP contribution in [0, 0.1) is 0 Å². The van der Waals surface area contributed by atoms with Crippen molar-refractivity contribution >= 4 is 39.5 Å². The van der Waals surface area contributed by atoms with Crippen LogP contribution in [0.2, 0.25) is 0 Å². The molecule has 0 saturated carbocycles. The summed E-state index contributed by atoms with van der Waals surface area (Å²) in [5, 5.41) is 10.6. The monoisotopic (exact) mass is 1440 g/mol. The number of esters is 4. The van der Waals surface area contributed by atoms with Crippen LogP contribution in [0.3, 0.4) is 0 Å². The van der Waals surface area contributed by atoms with E-state index in [1.165, 1.54) is 225 Å². The van der Waals surface area contributed by atoms with Crippen molar-refractivity contribution in [3.8, 4) is 0 Å². The van der Waals surface area contributed by atoms with Gasteiger partial charge in [-0.3, -0.25) is 37.3 Å². The highest BCUT2D eigenvalue weighted by Gasteiger charge is 2.30. The molecule has 0 aromatic heterocycles. The maximum absolute atomic E-state index is 13.1. The van der Waals surface area contributed by atoms with Crippen LogP contribution in [0.15, 0.2) is 12.2 Å². The van der Waals surface area contributed by atoms with Gasteiger partial charge in [-0.15, -0.1) is 0 Å². The van der Waals surface area contributed by atoms with Gasteiger partial charge in [-0.2, -0.15) is 0 Å². The highest BCUT2D eigenvalue weighted by molar-refractivity contribution is 7.47. The topological polar surface area (TPSA) is 237 Å². The van der Waals surface area contributed by atoms with Gasteiger partial charge in [0.05, 0.1) is 26.4 Å². The Labute approximate surface area is 600 Å². The molecular formula is C79H152O17P2. The summed E-state index contributed by atoms with van der Waals surface area (Å²) in [5.41, 5.74) is 0. The first-order valence-electron chi connectivity index (χ1n) is 40.9. The van der Waals surface area contributed by atoms with Gasteiger partial charge in [0.2, 0.25) is 0 Å². The Morgan fingerprint density at radius 3 is 0.714 bits per heavy atom. The lowest BCUT2D eigenvalue weighted by Crippen LogP contribution is -2.30. The molecule has 0 spiro atoms. The molecule has 0 heterocycles. The zero-order valence-electron chi connectivity index (χ0n) is 63.5. The number of phosphoric acid groups is 2. The number of carbonyl (C=O) groups excluding carboxylic acids is 4. The SMILES string of the molecule is CCCCCC/C=C\CCCCCCCCCC(=O)O[C@H](COC(=O)CCCCCCCCCCCCCCCCC)COP(=O)(O)OC[C@@H](O)COP(=O)(O)OC[C@@H](COC(=O)CCCCCCCCCCCCCCCCC)OC(=O)CCCCCCCCCCCCCCC. The fourth-order valence-corrected chi connectivity index (χ4v) is 13.6. The van der Waals surface area contributed by atoms with Crippen LogP contribution in [-0.2, 0) is 65.4 Å². The van der Waals surface area contributed by atoms with Crippen molar-refractivity contribution in [1.29, 1.82) is 0 Å². The third kappa shape index (κ3) is 72.2. The Kier molecular flexibility index (Phi) is 71.5. The summed E-state index contributed by atoms with van der Waals surface area (Å²) in [6.07, 6.45) is 66.0. The average Bonchev–Trinajstić information content (AvgIpc) is 0.984. The lowest BCUT2D eigenvalue weighted by Gasteiger charge is -2.21. The highest BCUT2D eigenvalue weighted by atomic mass is 31.2. The molecule has 0 bridgehead atoms. The Morgan fingerprint density at radius 1 is 0.276 bits per heavy atom. The van der Waals surface area contributed by atoms with E-state index in [0.717, 1.165) is 109 Å². The molecule has 0 aromatic carbocycles. The van der Waals surface area contributed by atoms with Crippen molar-refractivity contribution in [1.82, 2.24) is 0 Å². The molecule has 17 nitrogen and oxygen atoms in total. The smallest absolute Gasteiger partial charge is 0.462 e. The molecule has 19 heteroatoms. The van der Waals surface area contributed by atoms with Gasteiger partial charge >= 0.3 is 39.5 Å². The van der Waals surface area contributed by atoms with E-state index in [1.54, 1.807) is 0 Å². The van der Waals surface area contributed by atoms with Gasteiger partial charge in [0.1, 0.15) is 19.3 Å². The maximum Gasteiger partial charge on any atom is 0.472 e. The number of allylic oxidation sites excluding steroid dienone is 2. The van der Waals surface area contributed by atoms with Crippen molar-refractivity contribution in [2.75, 3.05) is 39.6 Å². The van der Waals surface area contributed by atoms with E-state index in [9.17, 15) is 43.2 Å². The van der Waals surface area contributed by atoms with E-state index in [2.05, 4.69) is 39.8 Å². The van der Waals surface area contributed by atoms with Crippen LogP contribution >= 0.6 is 15.6 Å². The first-order valence-corrected chi connectivity index (χ1v) is 43.9. The van der Waals surface area contributed by atoms with Crippen molar-refractivity contribution in [2.24, 2.45) is 0 Å². The van der Waals surface area contributed by atoms with Crippen molar-refractivity contribution in [3.63, 3.8) is 0 Å². The molecule has 3 N–H and O–H groups in total. The number of hydrogen-bond acceptors (Lipinski definition) is 15. The molecule has 0 saturated heterocycles. The fourth-order valence-electron chi connectivity index (χ4n) is 12.0. The van der Waals surface area contributed by atoms with E-state index in [4.69, 9.17) is 37.0 Å². The Morgan fingerprint density at radius 2 is 0.469 bits per heavy atom. The normalized spacial score (nSPS) is 13.9. The molecule has 2 unspecified atom stereocenters. The van der Waals surface area contributed by atoms with Gasteiger partial charge in [0, 0.05) is 25.7 Å². The molecule has 98 heavy (non-hydrogen) atoms.